The molecule has 0 saturated heterocycles. The van der Waals surface area contributed by atoms with Gasteiger partial charge in [0.25, 0.3) is 5.91 Å². The molecule has 0 aliphatic heterocycles. The Labute approximate surface area is 145 Å². The number of nitrogens with one attached hydrogen (secondary N) is 1. The number of rotatable bonds is 4. The molecule has 0 radical (unpaired) electrons. The Morgan fingerprint density at radius 2 is 1.88 bits per heavy atom. The van der Waals surface area contributed by atoms with Gasteiger partial charge in [-0.25, -0.2) is 0 Å². The zero-order chi connectivity index (χ0) is 18.9. The van der Waals surface area contributed by atoms with Crippen molar-refractivity contribution >= 4 is 11.9 Å². The molecule has 0 unspecified atom stereocenters. The maximum absolute atomic E-state index is 12.5. The number of amides is 1. The van der Waals surface area contributed by atoms with Gasteiger partial charge in [0.1, 0.15) is 0 Å². The summed E-state index contributed by atoms with van der Waals surface area (Å²) in [4.78, 5) is 26.4. The van der Waals surface area contributed by atoms with Crippen molar-refractivity contribution < 1.29 is 32.4 Å². The van der Waals surface area contributed by atoms with E-state index in [1.165, 1.54) is 24.3 Å². The third-order valence-corrected chi connectivity index (χ3v) is 4.19. The number of halogens is 3. The molecule has 2 N–H and O–H groups in total. The summed E-state index contributed by atoms with van der Waals surface area (Å²) < 4.78 is 41.6. The highest BCUT2D eigenvalue weighted by molar-refractivity contribution is 5.94. The van der Waals surface area contributed by atoms with Crippen LogP contribution >= 0.6 is 0 Å². The van der Waals surface area contributed by atoms with Crippen LogP contribution in [0.4, 0.5) is 13.2 Å². The highest BCUT2D eigenvalue weighted by Gasteiger charge is 2.38. The second kappa shape index (κ2) is 6.77. The lowest BCUT2D eigenvalue weighted by Gasteiger charge is -2.12. The minimum atomic E-state index is -4.72. The van der Waals surface area contributed by atoms with Gasteiger partial charge in [-0.15, -0.1) is 0 Å². The van der Waals surface area contributed by atoms with Crippen molar-refractivity contribution in [3.05, 3.63) is 35.7 Å². The van der Waals surface area contributed by atoms with Gasteiger partial charge in [0.2, 0.25) is 5.82 Å². The number of hydrogen-bond donors (Lipinski definition) is 2. The summed E-state index contributed by atoms with van der Waals surface area (Å²) in [6.45, 7) is 0. The van der Waals surface area contributed by atoms with Crippen LogP contribution in [0.15, 0.2) is 28.8 Å². The van der Waals surface area contributed by atoms with E-state index < -0.39 is 24.0 Å². The van der Waals surface area contributed by atoms with Crippen LogP contribution in [0.25, 0.3) is 11.4 Å². The molecule has 10 heteroatoms. The molecule has 1 saturated carbocycles. The molecule has 26 heavy (non-hydrogen) atoms. The van der Waals surface area contributed by atoms with Crippen molar-refractivity contribution in [2.75, 3.05) is 0 Å². The molecule has 3 rings (SSSR count). The smallest absolute Gasteiger partial charge is 0.471 e. The number of aromatic nitrogens is 2. The largest absolute Gasteiger partial charge is 0.481 e. The van der Waals surface area contributed by atoms with Gasteiger partial charge in [0, 0.05) is 17.2 Å². The molecule has 138 valence electrons. The summed E-state index contributed by atoms with van der Waals surface area (Å²) in [6.07, 6.45) is -3.25. The molecular weight excluding hydrogens is 355 g/mol. The highest BCUT2D eigenvalue weighted by atomic mass is 19.4. The molecule has 1 aromatic carbocycles. The first-order valence-corrected chi connectivity index (χ1v) is 7.79. The highest BCUT2D eigenvalue weighted by Crippen LogP contribution is 2.29. The van der Waals surface area contributed by atoms with Gasteiger partial charge < -0.3 is 14.9 Å². The lowest BCUT2D eigenvalue weighted by atomic mass is 10.1. The van der Waals surface area contributed by atoms with Gasteiger partial charge in [-0.05, 0) is 31.4 Å². The van der Waals surface area contributed by atoms with Crippen molar-refractivity contribution in [1.29, 1.82) is 0 Å². The van der Waals surface area contributed by atoms with E-state index in [1.54, 1.807) is 0 Å². The van der Waals surface area contributed by atoms with Gasteiger partial charge in [-0.2, -0.15) is 18.2 Å². The van der Waals surface area contributed by atoms with Crippen LogP contribution in [-0.2, 0) is 11.0 Å². The van der Waals surface area contributed by atoms with Gasteiger partial charge in [-0.3, -0.25) is 9.59 Å². The Kier molecular flexibility index (Phi) is 4.66. The van der Waals surface area contributed by atoms with Crippen molar-refractivity contribution in [2.45, 2.75) is 31.5 Å². The van der Waals surface area contributed by atoms with Crippen molar-refractivity contribution in [1.82, 2.24) is 15.5 Å². The Bertz CT molecular complexity index is 817. The number of carboxylic acids is 1. The topological polar surface area (TPSA) is 105 Å². The minimum absolute atomic E-state index is 0.213. The van der Waals surface area contributed by atoms with Gasteiger partial charge in [0.05, 0.1) is 5.92 Å². The summed E-state index contributed by atoms with van der Waals surface area (Å²) in [7, 11) is 0. The number of benzene rings is 1. The van der Waals surface area contributed by atoms with E-state index in [1.807, 2.05) is 0 Å². The third kappa shape index (κ3) is 3.84. The van der Waals surface area contributed by atoms with Crippen molar-refractivity contribution in [2.24, 2.45) is 5.92 Å². The van der Waals surface area contributed by atoms with Crippen LogP contribution in [-0.4, -0.2) is 33.2 Å². The Morgan fingerprint density at radius 3 is 2.42 bits per heavy atom. The Hall–Kier alpha value is -2.91. The molecule has 1 aromatic heterocycles. The second-order valence-corrected chi connectivity index (χ2v) is 6.02. The molecule has 2 atom stereocenters. The van der Waals surface area contributed by atoms with Crippen LogP contribution in [0.3, 0.4) is 0 Å². The van der Waals surface area contributed by atoms with E-state index in [0.717, 1.165) is 0 Å². The summed E-state index contributed by atoms with van der Waals surface area (Å²) in [5, 5.41) is 15.0. The Balaban J connectivity index is 1.65. The van der Waals surface area contributed by atoms with Gasteiger partial charge >= 0.3 is 18.0 Å². The third-order valence-electron chi connectivity index (χ3n) is 4.19. The number of alkyl halides is 3. The molecular formula is C16H14F3N3O4. The summed E-state index contributed by atoms with van der Waals surface area (Å²) in [6, 6.07) is 5.47. The first-order valence-electron chi connectivity index (χ1n) is 7.79. The fourth-order valence-corrected chi connectivity index (χ4v) is 2.83. The summed E-state index contributed by atoms with van der Waals surface area (Å²) >= 11 is 0. The number of nitrogens with zero attached hydrogens (tertiary/aromatic N) is 2. The maximum Gasteiger partial charge on any atom is 0.471 e. The van der Waals surface area contributed by atoms with E-state index in [-0.39, 0.29) is 23.3 Å². The van der Waals surface area contributed by atoms with E-state index in [0.29, 0.717) is 24.8 Å². The lowest BCUT2D eigenvalue weighted by Crippen LogP contribution is -2.33. The number of carboxylic acid groups (broad SMARTS) is 1. The normalized spacial score (nSPS) is 20.1. The van der Waals surface area contributed by atoms with E-state index in [9.17, 15) is 22.8 Å². The first kappa shape index (κ1) is 17.9. The van der Waals surface area contributed by atoms with Crippen molar-refractivity contribution in [3.8, 4) is 11.4 Å². The molecule has 1 aliphatic rings. The lowest BCUT2D eigenvalue weighted by molar-refractivity contribution is -0.159. The maximum atomic E-state index is 12.5. The average Bonchev–Trinajstić information content (AvgIpc) is 3.24. The molecule has 1 heterocycles. The van der Waals surface area contributed by atoms with Gasteiger partial charge in [-0.1, -0.05) is 17.3 Å². The SMILES string of the molecule is O=C(N[C@H]1CC[C@@H](C(=O)O)C1)c1ccc(-c2noc(C(F)(F)F)n2)cc1. The predicted octanol–water partition coefficient (Wildman–Crippen LogP) is 2.74. The fourth-order valence-electron chi connectivity index (χ4n) is 2.83. The molecule has 1 fully saturated rings. The van der Waals surface area contributed by atoms with Crippen LogP contribution in [0, 0.1) is 5.92 Å². The number of carbonyl (C=O) groups is 2. The fraction of sp³-hybridized carbons (Fsp3) is 0.375. The molecule has 7 nitrogen and oxygen atoms in total. The van der Waals surface area contributed by atoms with E-state index >= 15 is 0 Å². The van der Waals surface area contributed by atoms with Crippen molar-refractivity contribution in [3.63, 3.8) is 0 Å². The Morgan fingerprint density at radius 1 is 1.19 bits per heavy atom. The van der Waals surface area contributed by atoms with Crippen LogP contribution in [0.2, 0.25) is 0 Å². The monoisotopic (exact) mass is 369 g/mol. The zero-order valence-electron chi connectivity index (χ0n) is 13.3. The van der Waals surface area contributed by atoms with Crippen LogP contribution in [0.1, 0.15) is 35.5 Å². The van der Waals surface area contributed by atoms with E-state index in [4.69, 9.17) is 5.11 Å². The first-order chi connectivity index (χ1) is 12.2. The van der Waals surface area contributed by atoms with Crippen LogP contribution < -0.4 is 5.32 Å². The molecule has 0 spiro atoms. The van der Waals surface area contributed by atoms with Crippen LogP contribution in [0.5, 0.6) is 0 Å². The average molecular weight is 369 g/mol. The quantitative estimate of drug-likeness (QED) is 0.859. The molecule has 1 aliphatic carbocycles. The zero-order valence-corrected chi connectivity index (χ0v) is 13.3. The number of aliphatic carboxylic acids is 1. The van der Waals surface area contributed by atoms with E-state index in [2.05, 4.69) is 20.0 Å². The number of carbonyl (C=O) groups excluding carboxylic acids is 1. The molecule has 1 amide bonds. The molecule has 0 bridgehead atoms. The minimum Gasteiger partial charge on any atom is -0.481 e. The summed E-state index contributed by atoms with van der Waals surface area (Å²) in [5.74, 6) is -3.38. The molecule has 2 aromatic rings. The number of hydrogen-bond acceptors (Lipinski definition) is 5. The second-order valence-electron chi connectivity index (χ2n) is 6.02. The predicted molar refractivity (Wildman–Crippen MR) is 81.0 cm³/mol. The standard InChI is InChI=1S/C16H14F3N3O4/c17-16(18,19)15-21-12(22-26-15)8-1-3-9(4-2-8)13(23)20-11-6-5-10(7-11)14(24)25/h1-4,10-11H,5-7H2,(H,20,23)(H,24,25)/t10-,11+/m1/s1. The summed E-state index contributed by atoms with van der Waals surface area (Å²) in [5.41, 5.74) is 0.569. The van der Waals surface area contributed by atoms with Gasteiger partial charge in [0.15, 0.2) is 0 Å².